The van der Waals surface area contributed by atoms with Gasteiger partial charge in [0.25, 0.3) is 0 Å². The number of pyridine rings is 1. The highest BCUT2D eigenvalue weighted by Crippen LogP contribution is 2.16. The van der Waals surface area contributed by atoms with E-state index in [1.807, 2.05) is 25.3 Å². The van der Waals surface area contributed by atoms with Crippen LogP contribution in [0.3, 0.4) is 0 Å². The lowest BCUT2D eigenvalue weighted by Gasteiger charge is -2.07. The smallest absolute Gasteiger partial charge is 0.224 e. The van der Waals surface area contributed by atoms with Crippen LogP contribution in [0.15, 0.2) is 17.1 Å². The number of aryl methyl sites for hydroxylation is 1. The Labute approximate surface area is 105 Å². The van der Waals surface area contributed by atoms with Gasteiger partial charge in [0.1, 0.15) is 0 Å². The standard InChI is InChI=1S/C12H17N5O/c1-4-13-12-16-15-11(17(12)5-2)9-7-14-8(3)6-10(9)18/h6-7H,4-5H2,1-3H3,(H,13,16)(H,14,18). The highest BCUT2D eigenvalue weighted by Gasteiger charge is 2.14. The lowest BCUT2D eigenvalue weighted by Crippen LogP contribution is -2.11. The van der Waals surface area contributed by atoms with Crippen LogP contribution < -0.4 is 10.7 Å². The van der Waals surface area contributed by atoms with E-state index in [2.05, 4.69) is 20.5 Å². The largest absolute Gasteiger partial charge is 0.364 e. The molecule has 0 aliphatic rings. The molecular weight excluding hydrogens is 230 g/mol. The van der Waals surface area contributed by atoms with Gasteiger partial charge in [-0.05, 0) is 20.8 Å². The number of hydrogen-bond acceptors (Lipinski definition) is 4. The van der Waals surface area contributed by atoms with Gasteiger partial charge in [-0.25, -0.2) is 0 Å². The molecule has 2 heterocycles. The van der Waals surface area contributed by atoms with E-state index in [-0.39, 0.29) is 5.43 Å². The summed E-state index contributed by atoms with van der Waals surface area (Å²) in [5, 5.41) is 11.3. The molecule has 0 amide bonds. The SMILES string of the molecule is CCNc1nnc(-c2c[nH]c(C)cc2=O)n1CC. The third-order valence-electron chi connectivity index (χ3n) is 2.70. The van der Waals surface area contributed by atoms with Gasteiger partial charge >= 0.3 is 0 Å². The second-order valence-electron chi connectivity index (χ2n) is 4.02. The van der Waals surface area contributed by atoms with Crippen molar-refractivity contribution in [3.05, 3.63) is 28.2 Å². The Morgan fingerprint density at radius 3 is 2.78 bits per heavy atom. The van der Waals surface area contributed by atoms with Gasteiger partial charge in [-0.3, -0.25) is 9.36 Å². The van der Waals surface area contributed by atoms with Crippen LogP contribution in [0.4, 0.5) is 5.95 Å². The summed E-state index contributed by atoms with van der Waals surface area (Å²) in [5.74, 6) is 1.28. The van der Waals surface area contributed by atoms with E-state index >= 15 is 0 Å². The second-order valence-corrected chi connectivity index (χ2v) is 4.02. The monoisotopic (exact) mass is 247 g/mol. The summed E-state index contributed by atoms with van der Waals surface area (Å²) in [6.45, 7) is 7.31. The molecule has 0 aromatic carbocycles. The molecule has 0 atom stereocenters. The van der Waals surface area contributed by atoms with Crippen molar-refractivity contribution in [1.82, 2.24) is 19.7 Å². The first kappa shape index (κ1) is 12.3. The van der Waals surface area contributed by atoms with Gasteiger partial charge in [0, 0.05) is 31.0 Å². The molecule has 0 bridgehead atoms. The van der Waals surface area contributed by atoms with Crippen LogP contribution in [0.1, 0.15) is 19.5 Å². The van der Waals surface area contributed by atoms with E-state index < -0.39 is 0 Å². The fourth-order valence-corrected chi connectivity index (χ4v) is 1.84. The summed E-state index contributed by atoms with van der Waals surface area (Å²) >= 11 is 0. The van der Waals surface area contributed by atoms with E-state index in [1.165, 1.54) is 0 Å². The van der Waals surface area contributed by atoms with Gasteiger partial charge in [-0.1, -0.05) is 0 Å². The Hall–Kier alpha value is -2.11. The molecule has 0 radical (unpaired) electrons. The maximum absolute atomic E-state index is 12.0. The summed E-state index contributed by atoms with van der Waals surface area (Å²) in [6.07, 6.45) is 1.68. The maximum atomic E-state index is 12.0. The van der Waals surface area contributed by atoms with Crippen LogP contribution >= 0.6 is 0 Å². The summed E-state index contributed by atoms with van der Waals surface area (Å²) in [5.41, 5.74) is 1.33. The summed E-state index contributed by atoms with van der Waals surface area (Å²) in [4.78, 5) is 15.0. The van der Waals surface area contributed by atoms with Crippen LogP contribution in [-0.2, 0) is 6.54 Å². The lowest BCUT2D eigenvalue weighted by atomic mass is 10.2. The molecule has 2 N–H and O–H groups in total. The fourth-order valence-electron chi connectivity index (χ4n) is 1.84. The molecule has 0 unspecified atom stereocenters. The molecule has 0 saturated heterocycles. The quantitative estimate of drug-likeness (QED) is 0.856. The molecule has 2 aromatic heterocycles. The van der Waals surface area contributed by atoms with Crippen molar-refractivity contribution in [2.24, 2.45) is 0 Å². The number of H-pyrrole nitrogens is 1. The summed E-state index contributed by atoms with van der Waals surface area (Å²) in [7, 11) is 0. The van der Waals surface area contributed by atoms with Crippen LogP contribution in [0.25, 0.3) is 11.4 Å². The molecule has 0 aliphatic heterocycles. The van der Waals surface area contributed by atoms with E-state index in [4.69, 9.17) is 0 Å². The summed E-state index contributed by atoms with van der Waals surface area (Å²) < 4.78 is 1.89. The number of hydrogen-bond donors (Lipinski definition) is 2. The van der Waals surface area contributed by atoms with Gasteiger partial charge in [0.2, 0.25) is 5.95 Å². The predicted molar refractivity (Wildman–Crippen MR) is 70.7 cm³/mol. The van der Waals surface area contributed by atoms with Gasteiger partial charge < -0.3 is 10.3 Å². The fraction of sp³-hybridized carbons (Fsp3) is 0.417. The zero-order valence-electron chi connectivity index (χ0n) is 10.8. The van der Waals surface area contributed by atoms with Crippen LogP contribution in [0, 0.1) is 6.92 Å². The highest BCUT2D eigenvalue weighted by molar-refractivity contribution is 5.56. The molecule has 2 rings (SSSR count). The van der Waals surface area contributed by atoms with E-state index in [9.17, 15) is 4.79 Å². The van der Waals surface area contributed by atoms with Crippen molar-refractivity contribution in [1.29, 1.82) is 0 Å². The number of aromatic amines is 1. The number of aromatic nitrogens is 4. The van der Waals surface area contributed by atoms with Crippen LogP contribution in [-0.4, -0.2) is 26.3 Å². The molecule has 0 spiro atoms. The van der Waals surface area contributed by atoms with Crippen molar-refractivity contribution in [2.75, 3.05) is 11.9 Å². The summed E-state index contributed by atoms with van der Waals surface area (Å²) in [6, 6.07) is 1.57. The minimum Gasteiger partial charge on any atom is -0.364 e. The van der Waals surface area contributed by atoms with Gasteiger partial charge in [0.05, 0.1) is 5.56 Å². The average Bonchev–Trinajstić information content (AvgIpc) is 2.72. The minimum absolute atomic E-state index is 0.0450. The molecule has 6 heteroatoms. The first-order chi connectivity index (χ1) is 8.67. The highest BCUT2D eigenvalue weighted by atomic mass is 16.1. The Morgan fingerprint density at radius 2 is 2.17 bits per heavy atom. The molecule has 96 valence electrons. The zero-order valence-corrected chi connectivity index (χ0v) is 10.8. The second kappa shape index (κ2) is 5.03. The maximum Gasteiger partial charge on any atom is 0.224 e. The van der Waals surface area contributed by atoms with Crippen molar-refractivity contribution >= 4 is 5.95 Å². The van der Waals surface area contributed by atoms with Gasteiger partial charge in [-0.2, -0.15) is 0 Å². The third kappa shape index (κ3) is 2.13. The van der Waals surface area contributed by atoms with Crippen molar-refractivity contribution in [3.8, 4) is 11.4 Å². The van der Waals surface area contributed by atoms with Crippen LogP contribution in [0.2, 0.25) is 0 Å². The average molecular weight is 247 g/mol. The van der Waals surface area contributed by atoms with Crippen molar-refractivity contribution < 1.29 is 0 Å². The third-order valence-corrected chi connectivity index (χ3v) is 2.70. The number of anilines is 1. The van der Waals surface area contributed by atoms with Crippen molar-refractivity contribution in [3.63, 3.8) is 0 Å². The molecule has 18 heavy (non-hydrogen) atoms. The predicted octanol–water partition coefficient (Wildman–Crippen LogP) is 1.39. The molecule has 0 aliphatic carbocycles. The Kier molecular flexibility index (Phi) is 3.45. The molecule has 2 aromatic rings. The van der Waals surface area contributed by atoms with E-state index in [0.717, 1.165) is 12.2 Å². The Balaban J connectivity index is 2.53. The number of rotatable bonds is 4. The normalized spacial score (nSPS) is 10.6. The molecule has 0 saturated carbocycles. The Bertz CT molecular complexity index is 599. The van der Waals surface area contributed by atoms with Crippen LogP contribution in [0.5, 0.6) is 0 Å². The molecular formula is C12H17N5O. The van der Waals surface area contributed by atoms with Crippen molar-refractivity contribution in [2.45, 2.75) is 27.3 Å². The molecule has 0 fully saturated rings. The zero-order chi connectivity index (χ0) is 13.1. The number of nitrogens with zero attached hydrogens (tertiary/aromatic N) is 3. The lowest BCUT2D eigenvalue weighted by molar-refractivity contribution is 0.769. The Morgan fingerprint density at radius 1 is 1.39 bits per heavy atom. The topological polar surface area (TPSA) is 75.6 Å². The van der Waals surface area contributed by atoms with Gasteiger partial charge in [-0.15, -0.1) is 10.2 Å². The first-order valence-electron chi connectivity index (χ1n) is 6.04. The minimum atomic E-state index is -0.0450. The molecule has 6 nitrogen and oxygen atoms in total. The van der Waals surface area contributed by atoms with E-state index in [1.54, 1.807) is 12.3 Å². The van der Waals surface area contributed by atoms with Gasteiger partial charge in [0.15, 0.2) is 11.3 Å². The number of nitrogens with one attached hydrogen (secondary N) is 2. The first-order valence-corrected chi connectivity index (χ1v) is 6.04. The van der Waals surface area contributed by atoms with E-state index in [0.29, 0.717) is 23.9 Å².